The van der Waals surface area contributed by atoms with E-state index in [0.29, 0.717) is 13.1 Å². The molecule has 0 radical (unpaired) electrons. The highest BCUT2D eigenvalue weighted by molar-refractivity contribution is 6.33. The zero-order valence-corrected chi connectivity index (χ0v) is 14.1. The van der Waals surface area contributed by atoms with Gasteiger partial charge in [0.25, 0.3) is 5.91 Å². The van der Waals surface area contributed by atoms with Gasteiger partial charge in [0, 0.05) is 24.8 Å². The average Bonchev–Trinajstić information content (AvgIpc) is 3.00. The summed E-state index contributed by atoms with van der Waals surface area (Å²) in [5.41, 5.74) is 0.955. The second-order valence-electron chi connectivity index (χ2n) is 5.67. The van der Waals surface area contributed by atoms with Gasteiger partial charge in [0.1, 0.15) is 11.6 Å². The molecule has 126 valence electrons. The lowest BCUT2D eigenvalue weighted by molar-refractivity contribution is 0.0940. The summed E-state index contributed by atoms with van der Waals surface area (Å²) in [6, 6.07) is 8.80. The van der Waals surface area contributed by atoms with Crippen molar-refractivity contribution in [2.24, 2.45) is 0 Å². The van der Waals surface area contributed by atoms with E-state index in [2.05, 4.69) is 5.32 Å². The molecule has 0 spiro atoms. The van der Waals surface area contributed by atoms with Gasteiger partial charge in [0.05, 0.1) is 15.6 Å². The van der Waals surface area contributed by atoms with E-state index in [1.807, 2.05) is 4.90 Å². The quantitative estimate of drug-likeness (QED) is 0.864. The number of carbonyl (C=O) groups is 1. The topological polar surface area (TPSA) is 52.6 Å². The fraction of sp³-hybridized carbons (Fsp3) is 0.235. The summed E-state index contributed by atoms with van der Waals surface area (Å²) in [5.74, 6) is -0.826. The Morgan fingerprint density at radius 3 is 2.71 bits per heavy atom. The van der Waals surface area contributed by atoms with E-state index >= 15 is 0 Å². The van der Waals surface area contributed by atoms with Crippen LogP contribution in [0.1, 0.15) is 16.8 Å². The van der Waals surface area contributed by atoms with Gasteiger partial charge >= 0.3 is 0 Å². The molecule has 1 aliphatic rings. The maximum absolute atomic E-state index is 13.6. The molecule has 2 aromatic carbocycles. The van der Waals surface area contributed by atoms with Crippen LogP contribution in [0, 0.1) is 5.82 Å². The fourth-order valence-corrected chi connectivity index (χ4v) is 3.07. The first-order valence-corrected chi connectivity index (χ1v) is 8.19. The summed E-state index contributed by atoms with van der Waals surface area (Å²) in [5, 5.41) is 12.7. The summed E-state index contributed by atoms with van der Waals surface area (Å²) in [6.45, 7) is 1.25. The molecule has 1 atom stereocenters. The number of rotatable bonds is 3. The van der Waals surface area contributed by atoms with Crippen molar-refractivity contribution in [3.8, 4) is 5.75 Å². The van der Waals surface area contributed by atoms with Crippen molar-refractivity contribution in [2.75, 3.05) is 18.0 Å². The van der Waals surface area contributed by atoms with Crippen LogP contribution in [-0.4, -0.2) is 30.1 Å². The number of benzene rings is 2. The first-order chi connectivity index (χ1) is 11.4. The third-order valence-electron chi connectivity index (χ3n) is 3.99. The minimum absolute atomic E-state index is 0.0192. The molecule has 1 aliphatic heterocycles. The van der Waals surface area contributed by atoms with Gasteiger partial charge in [-0.1, -0.05) is 23.2 Å². The van der Waals surface area contributed by atoms with Crippen molar-refractivity contribution in [3.63, 3.8) is 0 Å². The molecule has 2 N–H and O–H groups in total. The minimum atomic E-state index is -0.465. The molecule has 0 bridgehead atoms. The normalized spacial score (nSPS) is 17.1. The summed E-state index contributed by atoms with van der Waals surface area (Å²) < 4.78 is 13.6. The van der Waals surface area contributed by atoms with Crippen molar-refractivity contribution in [2.45, 2.75) is 12.5 Å². The summed E-state index contributed by atoms with van der Waals surface area (Å²) in [7, 11) is 0. The van der Waals surface area contributed by atoms with Crippen molar-refractivity contribution in [3.05, 3.63) is 57.8 Å². The van der Waals surface area contributed by atoms with E-state index in [0.717, 1.165) is 12.1 Å². The number of phenolic OH excluding ortho intramolecular Hbond substituents is 1. The van der Waals surface area contributed by atoms with Gasteiger partial charge in [-0.2, -0.15) is 0 Å². The van der Waals surface area contributed by atoms with Crippen LogP contribution in [-0.2, 0) is 0 Å². The number of hydrogen-bond donors (Lipinski definition) is 2. The van der Waals surface area contributed by atoms with Crippen LogP contribution in [0.15, 0.2) is 36.4 Å². The number of amides is 1. The van der Waals surface area contributed by atoms with Gasteiger partial charge in [-0.3, -0.25) is 4.79 Å². The predicted octanol–water partition coefficient (Wildman–Crippen LogP) is 3.85. The molecule has 3 rings (SSSR count). The van der Waals surface area contributed by atoms with Crippen LogP contribution in [0.4, 0.5) is 10.1 Å². The molecule has 24 heavy (non-hydrogen) atoms. The van der Waals surface area contributed by atoms with Gasteiger partial charge in [-0.05, 0) is 42.8 Å². The molecule has 1 amide bonds. The van der Waals surface area contributed by atoms with Gasteiger partial charge in [0.2, 0.25) is 0 Å². The smallest absolute Gasteiger partial charge is 0.253 e. The lowest BCUT2D eigenvalue weighted by atomic mass is 10.1. The Morgan fingerprint density at radius 2 is 1.96 bits per heavy atom. The van der Waals surface area contributed by atoms with Crippen LogP contribution < -0.4 is 10.2 Å². The maximum Gasteiger partial charge on any atom is 0.253 e. The SMILES string of the molecule is O=C(NC1CCN(c2ccc(Cl)c(F)c2)C1)c1cc(O)ccc1Cl. The third kappa shape index (κ3) is 3.57. The number of aromatic hydroxyl groups is 1. The molecule has 1 unspecified atom stereocenters. The Balaban J connectivity index is 1.66. The zero-order valence-electron chi connectivity index (χ0n) is 12.6. The average molecular weight is 369 g/mol. The Morgan fingerprint density at radius 1 is 1.21 bits per heavy atom. The molecule has 1 heterocycles. The van der Waals surface area contributed by atoms with E-state index in [9.17, 15) is 14.3 Å². The Kier molecular flexibility index (Phi) is 4.83. The molecule has 0 aliphatic carbocycles. The minimum Gasteiger partial charge on any atom is -0.508 e. The van der Waals surface area contributed by atoms with E-state index < -0.39 is 5.82 Å². The van der Waals surface area contributed by atoms with Crippen LogP contribution in [0.3, 0.4) is 0 Å². The maximum atomic E-state index is 13.6. The van der Waals surface area contributed by atoms with E-state index in [-0.39, 0.29) is 33.3 Å². The summed E-state index contributed by atoms with van der Waals surface area (Å²) >= 11 is 11.7. The molecule has 0 saturated carbocycles. The molecule has 1 saturated heterocycles. The third-order valence-corrected chi connectivity index (χ3v) is 4.62. The van der Waals surface area contributed by atoms with E-state index in [4.69, 9.17) is 23.2 Å². The molecular weight excluding hydrogens is 354 g/mol. The van der Waals surface area contributed by atoms with Crippen LogP contribution >= 0.6 is 23.2 Å². The fourth-order valence-electron chi connectivity index (χ4n) is 2.74. The molecule has 1 fully saturated rings. The number of phenols is 1. The highest BCUT2D eigenvalue weighted by Crippen LogP contribution is 2.26. The number of hydrogen-bond acceptors (Lipinski definition) is 3. The largest absolute Gasteiger partial charge is 0.508 e. The van der Waals surface area contributed by atoms with Crippen molar-refractivity contribution >= 4 is 34.8 Å². The standard InChI is InChI=1S/C17H15Cl2FN2O2/c18-14-4-2-12(23)8-13(14)17(24)21-10-5-6-22(9-10)11-1-3-15(19)16(20)7-11/h1-4,7-8,10,23H,5-6,9H2,(H,21,24). The highest BCUT2D eigenvalue weighted by atomic mass is 35.5. The van der Waals surface area contributed by atoms with Gasteiger partial charge in [-0.15, -0.1) is 0 Å². The molecule has 7 heteroatoms. The molecule has 4 nitrogen and oxygen atoms in total. The van der Waals surface area contributed by atoms with E-state index in [1.54, 1.807) is 6.07 Å². The first kappa shape index (κ1) is 16.9. The number of halogens is 3. The number of nitrogens with zero attached hydrogens (tertiary/aromatic N) is 1. The predicted molar refractivity (Wildman–Crippen MR) is 92.6 cm³/mol. The Hall–Kier alpha value is -1.98. The molecular formula is C17H15Cl2FN2O2. The Bertz CT molecular complexity index is 785. The summed E-state index contributed by atoms with van der Waals surface area (Å²) in [6.07, 6.45) is 0.729. The van der Waals surface area contributed by atoms with Gasteiger partial charge in [-0.25, -0.2) is 4.39 Å². The second kappa shape index (κ2) is 6.87. The zero-order chi connectivity index (χ0) is 17.3. The van der Waals surface area contributed by atoms with Crippen molar-refractivity contribution < 1.29 is 14.3 Å². The number of nitrogens with one attached hydrogen (secondary N) is 1. The number of anilines is 1. The van der Waals surface area contributed by atoms with Crippen LogP contribution in [0.25, 0.3) is 0 Å². The van der Waals surface area contributed by atoms with Crippen molar-refractivity contribution in [1.29, 1.82) is 0 Å². The Labute approximate surface area is 148 Å². The molecule has 2 aromatic rings. The first-order valence-electron chi connectivity index (χ1n) is 7.43. The summed E-state index contributed by atoms with van der Waals surface area (Å²) in [4.78, 5) is 14.3. The number of carbonyl (C=O) groups excluding carboxylic acids is 1. The van der Waals surface area contributed by atoms with Gasteiger partial charge in [0.15, 0.2) is 0 Å². The second-order valence-corrected chi connectivity index (χ2v) is 6.48. The highest BCUT2D eigenvalue weighted by Gasteiger charge is 2.25. The van der Waals surface area contributed by atoms with E-state index in [1.165, 1.54) is 30.3 Å². The van der Waals surface area contributed by atoms with Crippen LogP contribution in [0.2, 0.25) is 10.0 Å². The lowest BCUT2D eigenvalue weighted by Gasteiger charge is -2.19. The van der Waals surface area contributed by atoms with Crippen LogP contribution in [0.5, 0.6) is 5.75 Å². The lowest BCUT2D eigenvalue weighted by Crippen LogP contribution is -2.37. The van der Waals surface area contributed by atoms with Gasteiger partial charge < -0.3 is 15.3 Å². The van der Waals surface area contributed by atoms with Crippen molar-refractivity contribution in [1.82, 2.24) is 5.32 Å². The monoisotopic (exact) mass is 368 g/mol. The molecule has 0 aromatic heterocycles.